The Morgan fingerprint density at radius 3 is 2.45 bits per heavy atom. The van der Waals surface area contributed by atoms with Crippen molar-refractivity contribution < 1.29 is 23.9 Å². The molecule has 8 heteroatoms. The van der Waals surface area contributed by atoms with Crippen LogP contribution in [0.3, 0.4) is 0 Å². The van der Waals surface area contributed by atoms with E-state index < -0.39 is 11.9 Å². The van der Waals surface area contributed by atoms with Gasteiger partial charge in [0.05, 0.1) is 19.8 Å². The number of nitrogens with zero attached hydrogens (tertiary/aromatic N) is 2. The molecule has 1 aliphatic rings. The molecule has 0 aromatic heterocycles. The lowest BCUT2D eigenvalue weighted by atomic mass is 10.1. The number of rotatable bonds is 9. The van der Waals surface area contributed by atoms with Crippen molar-refractivity contribution in [1.82, 2.24) is 4.90 Å². The minimum Gasteiger partial charge on any atom is -0.456 e. The van der Waals surface area contributed by atoms with Crippen molar-refractivity contribution in [1.29, 1.82) is 0 Å². The summed E-state index contributed by atoms with van der Waals surface area (Å²) in [6.07, 6.45) is 1.01. The summed E-state index contributed by atoms with van der Waals surface area (Å²) in [6, 6.07) is 7.57. The minimum atomic E-state index is -0.416. The van der Waals surface area contributed by atoms with E-state index in [-0.39, 0.29) is 25.5 Å². The Morgan fingerprint density at radius 2 is 1.83 bits per heavy atom. The molecule has 160 valence electrons. The highest BCUT2D eigenvalue weighted by molar-refractivity contribution is 5.94. The summed E-state index contributed by atoms with van der Waals surface area (Å²) in [4.78, 5) is 39.3. The van der Waals surface area contributed by atoms with Gasteiger partial charge in [-0.1, -0.05) is 13.8 Å². The molecule has 2 amide bonds. The summed E-state index contributed by atoms with van der Waals surface area (Å²) in [7, 11) is 1.51. The maximum absolute atomic E-state index is 12.2. The fraction of sp³-hybridized carbons (Fsp3) is 0.571. The standard InChI is InChI=1S/C21H31N3O5/c1-16(2)4-9-21(27)29-15-20(26)23(3)14-19(25)22-17-5-7-18(8-6-17)24-10-12-28-13-11-24/h5-8,16H,4,9-15H2,1-3H3,(H,22,25). The van der Waals surface area contributed by atoms with Crippen molar-refractivity contribution in [2.24, 2.45) is 5.92 Å². The topological polar surface area (TPSA) is 88.2 Å². The van der Waals surface area contributed by atoms with E-state index in [0.717, 1.165) is 25.2 Å². The highest BCUT2D eigenvalue weighted by Gasteiger charge is 2.16. The van der Waals surface area contributed by atoms with Crippen molar-refractivity contribution >= 4 is 29.2 Å². The highest BCUT2D eigenvalue weighted by Crippen LogP contribution is 2.19. The van der Waals surface area contributed by atoms with Crippen LogP contribution in [-0.2, 0) is 23.9 Å². The molecule has 1 saturated heterocycles. The Morgan fingerprint density at radius 1 is 1.17 bits per heavy atom. The van der Waals surface area contributed by atoms with Gasteiger partial charge in [0.1, 0.15) is 0 Å². The molecule has 1 aliphatic heterocycles. The molecule has 0 spiro atoms. The van der Waals surface area contributed by atoms with Crippen molar-refractivity contribution in [3.8, 4) is 0 Å². The molecule has 1 aromatic rings. The number of carbonyl (C=O) groups excluding carboxylic acids is 3. The quantitative estimate of drug-likeness (QED) is 0.632. The third-order valence-corrected chi connectivity index (χ3v) is 4.62. The van der Waals surface area contributed by atoms with E-state index in [1.165, 1.54) is 11.9 Å². The minimum absolute atomic E-state index is 0.117. The van der Waals surface area contributed by atoms with Crippen LogP contribution in [0.25, 0.3) is 0 Å². The Labute approximate surface area is 172 Å². The predicted octanol–water partition coefficient (Wildman–Crippen LogP) is 1.90. The number of nitrogens with one attached hydrogen (secondary N) is 1. The predicted molar refractivity (Wildman–Crippen MR) is 111 cm³/mol. The third-order valence-electron chi connectivity index (χ3n) is 4.62. The summed E-state index contributed by atoms with van der Waals surface area (Å²) in [5.74, 6) is -0.732. The number of esters is 1. The first kappa shape index (κ1) is 22.7. The first-order chi connectivity index (χ1) is 13.8. The number of carbonyl (C=O) groups is 3. The largest absolute Gasteiger partial charge is 0.456 e. The fourth-order valence-electron chi connectivity index (χ4n) is 2.81. The van der Waals surface area contributed by atoms with Crippen LogP contribution in [0.1, 0.15) is 26.7 Å². The third kappa shape index (κ3) is 8.11. The summed E-state index contributed by atoms with van der Waals surface area (Å²) in [5, 5.41) is 2.77. The lowest BCUT2D eigenvalue weighted by Gasteiger charge is -2.28. The number of anilines is 2. The number of hydrogen-bond acceptors (Lipinski definition) is 6. The van der Waals surface area contributed by atoms with Gasteiger partial charge in [0.15, 0.2) is 6.61 Å². The van der Waals surface area contributed by atoms with Crippen LogP contribution in [0.2, 0.25) is 0 Å². The van der Waals surface area contributed by atoms with Crippen LogP contribution in [0.4, 0.5) is 11.4 Å². The monoisotopic (exact) mass is 405 g/mol. The zero-order valence-corrected chi connectivity index (χ0v) is 17.5. The molecule has 0 bridgehead atoms. The van der Waals surface area contributed by atoms with E-state index in [4.69, 9.17) is 9.47 Å². The van der Waals surface area contributed by atoms with Crippen molar-refractivity contribution in [3.63, 3.8) is 0 Å². The SMILES string of the molecule is CC(C)CCC(=O)OCC(=O)N(C)CC(=O)Nc1ccc(N2CCOCC2)cc1. The van der Waals surface area contributed by atoms with E-state index in [0.29, 0.717) is 24.8 Å². The fourth-order valence-corrected chi connectivity index (χ4v) is 2.81. The molecule has 0 radical (unpaired) electrons. The number of likely N-dealkylation sites (N-methyl/N-ethyl adjacent to an activating group) is 1. The van der Waals surface area contributed by atoms with Crippen LogP contribution in [0.5, 0.6) is 0 Å². The van der Waals surface area contributed by atoms with Crippen molar-refractivity contribution in [2.45, 2.75) is 26.7 Å². The van der Waals surface area contributed by atoms with E-state index in [1.54, 1.807) is 0 Å². The molecule has 0 unspecified atom stereocenters. The van der Waals surface area contributed by atoms with Crippen LogP contribution >= 0.6 is 0 Å². The van der Waals surface area contributed by atoms with Gasteiger partial charge in [-0.3, -0.25) is 14.4 Å². The molecule has 8 nitrogen and oxygen atoms in total. The van der Waals surface area contributed by atoms with E-state index >= 15 is 0 Å². The first-order valence-electron chi connectivity index (χ1n) is 9.97. The Kier molecular flexibility index (Phi) is 8.92. The van der Waals surface area contributed by atoms with Crippen LogP contribution in [0, 0.1) is 5.92 Å². The molecule has 1 N–H and O–H groups in total. The Balaban J connectivity index is 1.73. The van der Waals surface area contributed by atoms with Gasteiger partial charge in [-0.2, -0.15) is 0 Å². The first-order valence-corrected chi connectivity index (χ1v) is 9.97. The smallest absolute Gasteiger partial charge is 0.306 e. The van der Waals surface area contributed by atoms with Gasteiger partial charge >= 0.3 is 5.97 Å². The average Bonchev–Trinajstić information content (AvgIpc) is 2.71. The molecule has 0 atom stereocenters. The number of amides is 2. The molecule has 2 rings (SSSR count). The molecule has 0 aliphatic carbocycles. The molecular weight excluding hydrogens is 374 g/mol. The van der Waals surface area contributed by atoms with Gasteiger partial charge in [-0.15, -0.1) is 0 Å². The zero-order chi connectivity index (χ0) is 21.2. The lowest BCUT2D eigenvalue weighted by Crippen LogP contribution is -2.37. The maximum atomic E-state index is 12.2. The second kappa shape index (κ2) is 11.4. The molecular formula is C21H31N3O5. The van der Waals surface area contributed by atoms with Gasteiger partial charge in [0, 0.05) is 37.9 Å². The van der Waals surface area contributed by atoms with Crippen molar-refractivity contribution in [2.75, 3.05) is 56.7 Å². The highest BCUT2D eigenvalue weighted by atomic mass is 16.5. The molecule has 1 fully saturated rings. The second-order valence-corrected chi connectivity index (χ2v) is 7.54. The molecule has 1 heterocycles. The normalized spacial score (nSPS) is 13.9. The second-order valence-electron chi connectivity index (χ2n) is 7.54. The summed E-state index contributed by atoms with van der Waals surface area (Å²) in [6.45, 7) is 6.68. The van der Waals surface area contributed by atoms with E-state index in [1.807, 2.05) is 38.1 Å². The summed E-state index contributed by atoms with van der Waals surface area (Å²) in [5.41, 5.74) is 1.74. The van der Waals surface area contributed by atoms with Crippen LogP contribution < -0.4 is 10.2 Å². The maximum Gasteiger partial charge on any atom is 0.306 e. The van der Waals surface area contributed by atoms with Crippen LogP contribution in [-0.4, -0.2) is 69.2 Å². The summed E-state index contributed by atoms with van der Waals surface area (Å²) >= 11 is 0. The molecule has 29 heavy (non-hydrogen) atoms. The Bertz CT molecular complexity index is 684. The number of hydrogen-bond donors (Lipinski definition) is 1. The number of morpholine rings is 1. The van der Waals surface area contributed by atoms with Crippen molar-refractivity contribution in [3.05, 3.63) is 24.3 Å². The van der Waals surface area contributed by atoms with E-state index in [9.17, 15) is 14.4 Å². The van der Waals surface area contributed by atoms with Gasteiger partial charge in [-0.25, -0.2) is 0 Å². The zero-order valence-electron chi connectivity index (χ0n) is 17.5. The molecule has 1 aromatic carbocycles. The van der Waals surface area contributed by atoms with Gasteiger partial charge in [0.25, 0.3) is 5.91 Å². The average molecular weight is 405 g/mol. The number of ether oxygens (including phenoxy) is 2. The number of benzene rings is 1. The van der Waals surface area contributed by atoms with Gasteiger partial charge in [0.2, 0.25) is 5.91 Å². The van der Waals surface area contributed by atoms with Gasteiger partial charge < -0.3 is 24.6 Å². The molecule has 0 saturated carbocycles. The Hall–Kier alpha value is -2.61. The summed E-state index contributed by atoms with van der Waals surface area (Å²) < 4.78 is 10.3. The van der Waals surface area contributed by atoms with Gasteiger partial charge in [-0.05, 0) is 36.6 Å². The lowest BCUT2D eigenvalue weighted by molar-refractivity contribution is -0.152. The van der Waals surface area contributed by atoms with Crippen LogP contribution in [0.15, 0.2) is 24.3 Å². The van der Waals surface area contributed by atoms with E-state index in [2.05, 4.69) is 10.2 Å².